The molecule has 0 saturated carbocycles. The maximum absolute atomic E-state index is 12.7. The third-order valence-electron chi connectivity index (χ3n) is 9.26. The molecule has 0 fully saturated rings. The van der Waals surface area contributed by atoms with Crippen molar-refractivity contribution in [3.05, 3.63) is 170 Å². The third-order valence-corrected chi connectivity index (χ3v) is 9.26. The molecule has 354 valence electrons. The highest BCUT2D eigenvalue weighted by Crippen LogP contribution is 2.08. The summed E-state index contributed by atoms with van der Waals surface area (Å²) in [7, 11) is 0. The Morgan fingerprint density at radius 1 is 0.359 bits per heavy atom. The van der Waals surface area contributed by atoms with E-state index in [4.69, 9.17) is 14.2 Å². The van der Waals surface area contributed by atoms with Gasteiger partial charge in [-0.2, -0.15) is 0 Å². The fraction of sp³-hybridized carbons (Fsp3) is 0.492. The number of carbonyl (C=O) groups excluding carboxylic acids is 2. The lowest BCUT2D eigenvalue weighted by atomic mass is 10.1. The van der Waals surface area contributed by atoms with Crippen molar-refractivity contribution in [1.82, 2.24) is 0 Å². The second-order valence-electron chi connectivity index (χ2n) is 15.2. The molecule has 0 aliphatic heterocycles. The Morgan fingerprint density at radius 3 is 1.09 bits per heavy atom. The SMILES string of the molecule is CC/C=C\C/C=C\C/C=C\C/C=C\C/C=C\CCCCCC(=O)OCC(COCCC/C=C\C/C=C\C/C=C\C/C=C\CC)OC(=O)C/C=C\C/C=C\C/C=C\C/C=C\C/C=C\CC. The van der Waals surface area contributed by atoms with Gasteiger partial charge in [0.15, 0.2) is 6.10 Å². The highest BCUT2D eigenvalue weighted by molar-refractivity contribution is 5.71. The van der Waals surface area contributed by atoms with Gasteiger partial charge in [-0.3, -0.25) is 9.59 Å². The molecule has 0 heterocycles. The minimum Gasteiger partial charge on any atom is -0.462 e. The van der Waals surface area contributed by atoms with E-state index in [-0.39, 0.29) is 31.6 Å². The minimum absolute atomic E-state index is 0.00680. The van der Waals surface area contributed by atoms with Crippen LogP contribution in [0.5, 0.6) is 0 Å². The second-order valence-corrected chi connectivity index (χ2v) is 15.2. The van der Waals surface area contributed by atoms with Crippen LogP contribution in [0.3, 0.4) is 0 Å². The van der Waals surface area contributed by atoms with Crippen molar-refractivity contribution in [2.24, 2.45) is 0 Å². The van der Waals surface area contributed by atoms with E-state index in [0.717, 1.165) is 128 Å². The van der Waals surface area contributed by atoms with Gasteiger partial charge >= 0.3 is 11.9 Å². The largest absolute Gasteiger partial charge is 0.462 e. The zero-order chi connectivity index (χ0) is 46.3. The molecule has 64 heavy (non-hydrogen) atoms. The summed E-state index contributed by atoms with van der Waals surface area (Å²) in [5, 5.41) is 0. The van der Waals surface area contributed by atoms with Gasteiger partial charge in [-0.15, -0.1) is 0 Å². The third kappa shape index (κ3) is 49.9. The molecule has 0 rings (SSSR count). The van der Waals surface area contributed by atoms with Crippen molar-refractivity contribution in [2.75, 3.05) is 19.8 Å². The lowest BCUT2D eigenvalue weighted by Crippen LogP contribution is -2.29. The van der Waals surface area contributed by atoms with Gasteiger partial charge in [0.1, 0.15) is 6.61 Å². The van der Waals surface area contributed by atoms with E-state index in [1.54, 1.807) is 0 Å². The first-order valence-electron chi connectivity index (χ1n) is 24.7. The van der Waals surface area contributed by atoms with Gasteiger partial charge < -0.3 is 14.2 Å². The summed E-state index contributed by atoms with van der Waals surface area (Å²) in [6, 6.07) is 0. The fourth-order valence-corrected chi connectivity index (χ4v) is 5.73. The van der Waals surface area contributed by atoms with Crippen LogP contribution in [0, 0.1) is 0 Å². The first-order valence-corrected chi connectivity index (χ1v) is 24.7. The summed E-state index contributed by atoms with van der Waals surface area (Å²) in [6.07, 6.45) is 79.7. The number of hydrogen-bond acceptors (Lipinski definition) is 5. The normalized spacial score (nSPS) is 13.7. The molecule has 1 unspecified atom stereocenters. The number of esters is 2. The predicted molar refractivity (Wildman–Crippen MR) is 278 cm³/mol. The van der Waals surface area contributed by atoms with Crippen LogP contribution in [-0.4, -0.2) is 37.9 Å². The second kappa shape index (κ2) is 52.6. The molecule has 0 aliphatic carbocycles. The van der Waals surface area contributed by atoms with Crippen molar-refractivity contribution in [2.45, 2.75) is 168 Å². The van der Waals surface area contributed by atoms with Gasteiger partial charge in [0, 0.05) is 13.0 Å². The molecule has 0 aromatic carbocycles. The van der Waals surface area contributed by atoms with Gasteiger partial charge in [0.2, 0.25) is 0 Å². The highest BCUT2D eigenvalue weighted by atomic mass is 16.6. The Labute approximate surface area is 392 Å². The summed E-state index contributed by atoms with van der Waals surface area (Å²) in [6.45, 7) is 7.16. The summed E-state index contributed by atoms with van der Waals surface area (Å²) < 4.78 is 17.2. The van der Waals surface area contributed by atoms with Gasteiger partial charge in [-0.1, -0.05) is 197 Å². The van der Waals surface area contributed by atoms with Crippen LogP contribution in [0.25, 0.3) is 0 Å². The first kappa shape index (κ1) is 59.3. The van der Waals surface area contributed by atoms with E-state index < -0.39 is 6.10 Å². The van der Waals surface area contributed by atoms with Crippen LogP contribution in [0.4, 0.5) is 0 Å². The number of ether oxygens (including phenoxy) is 3. The Morgan fingerprint density at radius 2 is 0.703 bits per heavy atom. The van der Waals surface area contributed by atoms with Gasteiger partial charge in [0.25, 0.3) is 0 Å². The Balaban J connectivity index is 4.57. The fourth-order valence-electron chi connectivity index (χ4n) is 5.73. The van der Waals surface area contributed by atoms with E-state index in [0.29, 0.717) is 13.0 Å². The van der Waals surface area contributed by atoms with E-state index in [2.05, 4.69) is 179 Å². The van der Waals surface area contributed by atoms with Crippen LogP contribution < -0.4 is 0 Å². The van der Waals surface area contributed by atoms with Gasteiger partial charge in [0.05, 0.1) is 13.0 Å². The smallest absolute Gasteiger partial charge is 0.310 e. The monoisotopic (exact) mass is 877 g/mol. The highest BCUT2D eigenvalue weighted by Gasteiger charge is 2.17. The topological polar surface area (TPSA) is 61.8 Å². The van der Waals surface area contributed by atoms with Crippen molar-refractivity contribution in [3.63, 3.8) is 0 Å². The molecule has 0 bridgehead atoms. The quantitative estimate of drug-likeness (QED) is 0.0347. The summed E-state index contributed by atoms with van der Waals surface area (Å²) in [5.41, 5.74) is 0. The van der Waals surface area contributed by atoms with Gasteiger partial charge in [-0.25, -0.2) is 0 Å². The average molecular weight is 877 g/mol. The Hall–Kier alpha value is -4.74. The summed E-state index contributed by atoms with van der Waals surface area (Å²) in [4.78, 5) is 25.3. The van der Waals surface area contributed by atoms with Crippen molar-refractivity contribution in [3.8, 4) is 0 Å². The summed E-state index contributed by atoms with van der Waals surface area (Å²) in [5.74, 6) is -0.631. The molecular formula is C59H88O5. The zero-order valence-corrected chi connectivity index (χ0v) is 40.5. The lowest BCUT2D eigenvalue weighted by Gasteiger charge is -2.18. The number of unbranched alkanes of at least 4 members (excludes halogenated alkanes) is 4. The number of hydrogen-bond donors (Lipinski definition) is 0. The van der Waals surface area contributed by atoms with Crippen LogP contribution >= 0.6 is 0 Å². The molecule has 5 heteroatoms. The average Bonchev–Trinajstić information content (AvgIpc) is 3.30. The lowest BCUT2D eigenvalue weighted by molar-refractivity contribution is -0.162. The maximum Gasteiger partial charge on any atom is 0.310 e. The van der Waals surface area contributed by atoms with Crippen LogP contribution in [-0.2, 0) is 23.8 Å². The predicted octanol–water partition coefficient (Wildman–Crippen LogP) is 16.9. The molecule has 0 aromatic heterocycles. The van der Waals surface area contributed by atoms with E-state index in [1.807, 2.05) is 12.2 Å². The first-order chi connectivity index (χ1) is 31.6. The van der Waals surface area contributed by atoms with Crippen LogP contribution in [0.2, 0.25) is 0 Å². The maximum atomic E-state index is 12.7. The van der Waals surface area contributed by atoms with Crippen molar-refractivity contribution in [1.29, 1.82) is 0 Å². The van der Waals surface area contributed by atoms with E-state index in [9.17, 15) is 9.59 Å². The molecule has 0 saturated heterocycles. The van der Waals surface area contributed by atoms with Crippen LogP contribution in [0.1, 0.15) is 162 Å². The van der Waals surface area contributed by atoms with E-state index in [1.165, 1.54) is 0 Å². The molecule has 1 atom stereocenters. The number of rotatable bonds is 42. The molecule has 0 N–H and O–H groups in total. The Kier molecular flexibility index (Phi) is 48.7. The molecule has 0 amide bonds. The standard InChI is InChI=1S/C59H88O5/c1-4-7-10-13-16-19-22-25-28-29-30-31-33-34-37-40-43-46-49-52-58(60)63-56-57(55-62-54-51-48-45-42-39-36-27-24-21-18-15-12-9-6-3)64-59(61)53-50-47-44-41-38-35-32-26-23-20-17-14-11-8-5-2/h7-12,16-21,25-28,30-32,34,36-38,41-42,45,47,50,57H,4-6,13-15,22-24,29,33,35,39-40,43-44,46,48-49,51-56H2,1-3H3/b10-7-,11-8-,12-9-,19-16-,20-17-,21-18-,28-25-,31-30-,32-26-,36-27-,37-34-,41-38-,45-42-,50-47-. The number of allylic oxidation sites excluding steroid dienone is 27. The number of carbonyl (C=O) groups is 2. The Bertz CT molecular complexity index is 1500. The zero-order valence-electron chi connectivity index (χ0n) is 40.5. The molecule has 5 nitrogen and oxygen atoms in total. The van der Waals surface area contributed by atoms with Crippen molar-refractivity contribution >= 4 is 11.9 Å². The van der Waals surface area contributed by atoms with Crippen molar-refractivity contribution < 1.29 is 23.8 Å². The van der Waals surface area contributed by atoms with Gasteiger partial charge in [-0.05, 0) is 122 Å². The molecule has 0 aliphatic rings. The summed E-state index contributed by atoms with van der Waals surface area (Å²) >= 11 is 0. The van der Waals surface area contributed by atoms with E-state index >= 15 is 0 Å². The molecular weight excluding hydrogens is 789 g/mol. The molecule has 0 aromatic rings. The molecule has 0 radical (unpaired) electrons. The van der Waals surface area contributed by atoms with Crippen LogP contribution in [0.15, 0.2) is 170 Å². The molecule has 0 spiro atoms. The minimum atomic E-state index is -0.646.